The first-order valence-corrected chi connectivity index (χ1v) is 16.7. The minimum atomic E-state index is -0.171. The maximum Gasteiger partial charge on any atom is 0.302 e. The quantitative estimate of drug-likeness (QED) is 0.176. The van der Waals surface area contributed by atoms with E-state index in [1.54, 1.807) is 6.92 Å². The molecule has 1 aromatic rings. The van der Waals surface area contributed by atoms with Gasteiger partial charge >= 0.3 is 5.97 Å². The summed E-state index contributed by atoms with van der Waals surface area (Å²) in [5.41, 5.74) is 2.95. The van der Waals surface area contributed by atoms with Gasteiger partial charge in [-0.3, -0.25) is 9.18 Å². The molecule has 4 unspecified atom stereocenters. The fourth-order valence-corrected chi connectivity index (χ4v) is 9.32. The lowest BCUT2D eigenvalue weighted by Crippen LogP contribution is -2.48. The van der Waals surface area contributed by atoms with E-state index in [0.29, 0.717) is 29.4 Å². The van der Waals surface area contributed by atoms with Gasteiger partial charge in [0, 0.05) is 12.3 Å². The Bertz CT molecular complexity index is 891. The smallest absolute Gasteiger partial charge is 0.302 e. The number of phenols is 1. The van der Waals surface area contributed by atoms with E-state index in [0.717, 1.165) is 44.3 Å². The van der Waals surface area contributed by atoms with Crippen LogP contribution >= 0.6 is 11.8 Å². The average molecular weight is 547 g/mol. The normalized spacial score (nSPS) is 29.9. The Labute approximate surface area is 235 Å². The molecule has 0 aromatic heterocycles. The molecule has 2 saturated carbocycles. The van der Waals surface area contributed by atoms with Gasteiger partial charge in [-0.25, -0.2) is 0 Å². The third-order valence-electron chi connectivity index (χ3n) is 10.1. The monoisotopic (exact) mass is 546 g/mol. The third kappa shape index (κ3) is 7.29. The van der Waals surface area contributed by atoms with Crippen molar-refractivity contribution in [2.24, 2.45) is 23.2 Å². The van der Waals surface area contributed by atoms with Crippen LogP contribution in [0.2, 0.25) is 0 Å². The van der Waals surface area contributed by atoms with Crippen LogP contribution < -0.4 is 0 Å². The van der Waals surface area contributed by atoms with Gasteiger partial charge in [-0.15, -0.1) is 0 Å². The van der Waals surface area contributed by atoms with Crippen LogP contribution in [-0.2, 0) is 16.0 Å². The van der Waals surface area contributed by atoms with Gasteiger partial charge in [-0.2, -0.15) is 11.8 Å². The molecule has 2 fully saturated rings. The fourth-order valence-electron chi connectivity index (χ4n) is 8.30. The van der Waals surface area contributed by atoms with E-state index in [1.165, 1.54) is 74.7 Å². The van der Waals surface area contributed by atoms with E-state index in [9.17, 15) is 14.3 Å². The van der Waals surface area contributed by atoms with E-state index in [-0.39, 0.29) is 24.2 Å². The van der Waals surface area contributed by atoms with Crippen LogP contribution in [-0.4, -0.2) is 35.4 Å². The highest BCUT2D eigenvalue weighted by Gasteiger charge is 2.57. The molecule has 0 heterocycles. The zero-order valence-electron chi connectivity index (χ0n) is 23.9. The number of carbonyl (C=O) groups excluding carboxylic acids is 1. The average Bonchev–Trinajstić information content (AvgIpc) is 3.21. The molecule has 4 rings (SSSR count). The lowest BCUT2D eigenvalue weighted by molar-refractivity contribution is -0.155. The Morgan fingerprint density at radius 3 is 2.47 bits per heavy atom. The molecule has 0 spiro atoms. The summed E-state index contributed by atoms with van der Waals surface area (Å²) in [7, 11) is 0. The molecule has 0 amide bonds. The van der Waals surface area contributed by atoms with Gasteiger partial charge in [0.2, 0.25) is 0 Å². The molecule has 3 nitrogen and oxygen atoms in total. The minimum absolute atomic E-state index is 0.0707. The van der Waals surface area contributed by atoms with Gasteiger partial charge in [-0.05, 0) is 116 Å². The van der Waals surface area contributed by atoms with Crippen LogP contribution in [0.15, 0.2) is 18.2 Å². The summed E-state index contributed by atoms with van der Waals surface area (Å²) >= 11 is 1.99. The fraction of sp³-hybridized carbons (Fsp3) is 0.788. The molecule has 1 N–H and O–H groups in total. The number of halogens is 1. The van der Waals surface area contributed by atoms with Crippen LogP contribution in [0, 0.1) is 23.2 Å². The van der Waals surface area contributed by atoms with E-state index in [1.807, 2.05) is 23.9 Å². The van der Waals surface area contributed by atoms with Gasteiger partial charge < -0.3 is 9.84 Å². The van der Waals surface area contributed by atoms with Crippen molar-refractivity contribution in [3.63, 3.8) is 0 Å². The molecule has 3 aliphatic carbocycles. The highest BCUT2D eigenvalue weighted by atomic mass is 32.2. The largest absolute Gasteiger partial charge is 0.508 e. The number of carbonyl (C=O) groups is 1. The van der Waals surface area contributed by atoms with Crippen LogP contribution in [0.25, 0.3) is 0 Å². The summed E-state index contributed by atoms with van der Waals surface area (Å²) in [5, 5.41) is 10.2. The molecule has 1 aromatic carbocycles. The highest BCUT2D eigenvalue weighted by molar-refractivity contribution is 7.99. The summed E-state index contributed by atoms with van der Waals surface area (Å²) < 4.78 is 18.0. The summed E-state index contributed by atoms with van der Waals surface area (Å²) in [6.07, 6.45) is 17.9. The maximum absolute atomic E-state index is 12.1. The topological polar surface area (TPSA) is 46.5 Å². The van der Waals surface area contributed by atoms with Crippen molar-refractivity contribution in [3.05, 3.63) is 29.3 Å². The Balaban J connectivity index is 1.27. The number of esters is 1. The van der Waals surface area contributed by atoms with Crippen molar-refractivity contribution in [2.45, 2.75) is 122 Å². The molecule has 5 heteroatoms. The van der Waals surface area contributed by atoms with Crippen molar-refractivity contribution >= 4 is 17.7 Å². The molecular formula is C33H51FO3S. The Morgan fingerprint density at radius 2 is 1.74 bits per heavy atom. The first-order chi connectivity index (χ1) is 18.4. The van der Waals surface area contributed by atoms with Gasteiger partial charge in [-0.1, -0.05) is 51.5 Å². The lowest BCUT2D eigenvalue weighted by Gasteiger charge is -2.53. The molecule has 3 aliphatic rings. The number of ether oxygens (including phenoxy) is 1. The number of aromatic hydroxyl groups is 1. The zero-order valence-corrected chi connectivity index (χ0v) is 24.7. The van der Waals surface area contributed by atoms with Gasteiger partial charge in [0.15, 0.2) is 0 Å². The molecule has 6 atom stereocenters. The van der Waals surface area contributed by atoms with Crippen LogP contribution in [0.5, 0.6) is 5.75 Å². The number of benzene rings is 1. The van der Waals surface area contributed by atoms with E-state index >= 15 is 0 Å². The zero-order chi connectivity index (χ0) is 27.0. The van der Waals surface area contributed by atoms with Gasteiger partial charge in [0.25, 0.3) is 0 Å². The van der Waals surface area contributed by atoms with E-state index < -0.39 is 0 Å². The lowest BCUT2D eigenvalue weighted by atomic mass is 9.52. The Morgan fingerprint density at radius 1 is 1.03 bits per heavy atom. The SMILES string of the molecule is CC(=O)O[C@H]1CCC2C3C(CCCCCCCCCSCCCCF)Cc4cc(O)ccc4C3CC[C@@]21C. The molecule has 0 aliphatic heterocycles. The summed E-state index contributed by atoms with van der Waals surface area (Å²) in [6.45, 7) is 3.79. The molecule has 0 bridgehead atoms. The Hall–Kier alpha value is -1.23. The number of rotatable bonds is 15. The minimum Gasteiger partial charge on any atom is -0.508 e. The first-order valence-electron chi connectivity index (χ1n) is 15.6. The Kier molecular flexibility index (Phi) is 11.3. The number of phenolic OH excluding ortho intramolecular Hbond substituents is 1. The molecule has 38 heavy (non-hydrogen) atoms. The van der Waals surface area contributed by atoms with Gasteiger partial charge in [0.1, 0.15) is 11.9 Å². The highest BCUT2D eigenvalue weighted by Crippen LogP contribution is 2.63. The molecular weight excluding hydrogens is 495 g/mol. The maximum atomic E-state index is 12.1. The van der Waals surface area contributed by atoms with Crippen molar-refractivity contribution in [1.29, 1.82) is 0 Å². The van der Waals surface area contributed by atoms with Crippen molar-refractivity contribution < 1.29 is 19.0 Å². The second-order valence-electron chi connectivity index (χ2n) is 12.6. The molecule has 0 saturated heterocycles. The van der Waals surface area contributed by atoms with Gasteiger partial charge in [0.05, 0.1) is 6.67 Å². The standard InChI is InChI=1S/C33H51FO3S/c1-24(35)37-31-16-15-30-32-25(12-8-6-4-3-5-7-10-20-38-21-11-9-19-34)22-26-23-27(36)13-14-28(26)29(32)17-18-33(30,31)2/h13-14,23,25,29-32,36H,3-12,15-22H2,1-2H3/t25?,29?,30?,31-,32?,33-/m0/s1. The summed E-state index contributed by atoms with van der Waals surface area (Å²) in [4.78, 5) is 11.9. The summed E-state index contributed by atoms with van der Waals surface area (Å²) in [6, 6.07) is 6.11. The van der Waals surface area contributed by atoms with Crippen LogP contribution in [0.1, 0.15) is 121 Å². The number of hydrogen-bond donors (Lipinski definition) is 1. The number of unbranched alkanes of at least 4 members (excludes halogenated alkanes) is 7. The number of alkyl halides is 1. The second-order valence-corrected chi connectivity index (χ2v) is 13.9. The molecule has 214 valence electrons. The van der Waals surface area contributed by atoms with Crippen LogP contribution in [0.3, 0.4) is 0 Å². The van der Waals surface area contributed by atoms with E-state index in [2.05, 4.69) is 13.0 Å². The number of fused-ring (bicyclic) bond motifs is 5. The van der Waals surface area contributed by atoms with Crippen molar-refractivity contribution in [1.82, 2.24) is 0 Å². The van der Waals surface area contributed by atoms with E-state index in [4.69, 9.17) is 4.74 Å². The molecule has 0 radical (unpaired) electrons. The van der Waals surface area contributed by atoms with Crippen molar-refractivity contribution in [2.75, 3.05) is 18.2 Å². The predicted octanol–water partition coefficient (Wildman–Crippen LogP) is 9.01. The number of thioether (sulfide) groups is 1. The van der Waals surface area contributed by atoms with Crippen molar-refractivity contribution in [3.8, 4) is 5.75 Å². The first kappa shape index (κ1) is 29.7. The second kappa shape index (κ2) is 14.4. The summed E-state index contributed by atoms with van der Waals surface area (Å²) in [5.74, 6) is 5.12. The predicted molar refractivity (Wildman–Crippen MR) is 157 cm³/mol. The third-order valence-corrected chi connectivity index (χ3v) is 11.3. The number of hydrogen-bond acceptors (Lipinski definition) is 4. The van der Waals surface area contributed by atoms with Crippen LogP contribution in [0.4, 0.5) is 4.39 Å².